The fourth-order valence-corrected chi connectivity index (χ4v) is 1.80. The minimum atomic E-state index is -0.301. The molecule has 0 fully saturated rings. The molecule has 9 heteroatoms. The molecule has 0 bridgehead atoms. The molecular weight excluding hydrogens is 268 g/mol. The predicted octanol–water partition coefficient (Wildman–Crippen LogP) is -0.0214. The first kappa shape index (κ1) is 15.4. The molecular formula is C10H18N6O2S. The Hall–Kier alpha value is -1.64. The highest BCUT2D eigenvalue weighted by atomic mass is 32.2. The molecule has 0 aromatic carbocycles. The molecule has 0 aliphatic rings. The van der Waals surface area contributed by atoms with Gasteiger partial charge in [0, 0.05) is 12.5 Å². The van der Waals surface area contributed by atoms with Gasteiger partial charge < -0.3 is 0 Å². The van der Waals surface area contributed by atoms with E-state index in [1.54, 1.807) is 18.5 Å². The van der Waals surface area contributed by atoms with Crippen LogP contribution in [0.2, 0.25) is 0 Å². The van der Waals surface area contributed by atoms with Crippen molar-refractivity contribution in [3.63, 3.8) is 0 Å². The summed E-state index contributed by atoms with van der Waals surface area (Å²) in [6.07, 6.45) is 0.912. The van der Waals surface area contributed by atoms with Crippen LogP contribution in [0.15, 0.2) is 5.16 Å². The molecule has 0 spiro atoms. The van der Waals surface area contributed by atoms with Crippen LogP contribution in [0.1, 0.15) is 27.2 Å². The van der Waals surface area contributed by atoms with Gasteiger partial charge in [-0.05, 0) is 16.8 Å². The van der Waals surface area contributed by atoms with Crippen molar-refractivity contribution in [3.05, 3.63) is 0 Å². The number of carbonyl (C=O) groups excluding carboxylic acids is 2. The average molecular weight is 286 g/mol. The molecule has 1 heterocycles. The number of tetrazole rings is 1. The second kappa shape index (κ2) is 7.72. The van der Waals surface area contributed by atoms with Crippen LogP contribution in [-0.4, -0.2) is 37.8 Å². The number of thioether (sulfide) groups is 1. The third-order valence-electron chi connectivity index (χ3n) is 2.12. The summed E-state index contributed by atoms with van der Waals surface area (Å²) >= 11 is 1.23. The van der Waals surface area contributed by atoms with Crippen molar-refractivity contribution >= 4 is 23.6 Å². The highest BCUT2D eigenvalue weighted by Gasteiger charge is 2.11. The van der Waals surface area contributed by atoms with E-state index >= 15 is 0 Å². The van der Waals surface area contributed by atoms with E-state index in [-0.39, 0.29) is 23.5 Å². The van der Waals surface area contributed by atoms with Gasteiger partial charge in [0.05, 0.1) is 5.75 Å². The molecule has 0 saturated heterocycles. The van der Waals surface area contributed by atoms with Crippen LogP contribution in [-0.2, 0) is 16.1 Å². The van der Waals surface area contributed by atoms with Crippen LogP contribution >= 0.6 is 11.8 Å². The van der Waals surface area contributed by atoms with Gasteiger partial charge in [-0.2, -0.15) is 0 Å². The molecule has 0 saturated carbocycles. The number of aromatic nitrogens is 4. The Morgan fingerprint density at radius 3 is 2.74 bits per heavy atom. The first-order valence-corrected chi connectivity index (χ1v) is 7.00. The number of rotatable bonds is 6. The number of aryl methyl sites for hydroxylation is 1. The third kappa shape index (κ3) is 5.25. The molecule has 0 aliphatic carbocycles. The maximum atomic E-state index is 11.5. The van der Waals surface area contributed by atoms with E-state index in [2.05, 4.69) is 26.4 Å². The zero-order chi connectivity index (χ0) is 14.3. The number of hydrogen-bond acceptors (Lipinski definition) is 6. The SMILES string of the molecule is CCCn1nnnc1SCC(=O)NNC(=O)C(C)C. The number of nitrogens with zero attached hydrogens (tertiary/aromatic N) is 4. The smallest absolute Gasteiger partial charge is 0.248 e. The summed E-state index contributed by atoms with van der Waals surface area (Å²) in [5.74, 6) is -0.563. The second-order valence-corrected chi connectivity index (χ2v) is 5.11. The molecule has 1 rings (SSSR count). The second-order valence-electron chi connectivity index (χ2n) is 4.17. The summed E-state index contributed by atoms with van der Waals surface area (Å²) in [6.45, 7) is 6.22. The summed E-state index contributed by atoms with van der Waals surface area (Å²) in [4.78, 5) is 22.8. The first-order valence-electron chi connectivity index (χ1n) is 6.02. The van der Waals surface area contributed by atoms with Gasteiger partial charge >= 0.3 is 0 Å². The Bertz CT molecular complexity index is 433. The Morgan fingerprint density at radius 1 is 1.37 bits per heavy atom. The minimum absolute atomic E-state index is 0.141. The molecule has 0 radical (unpaired) electrons. The first-order chi connectivity index (χ1) is 9.04. The van der Waals surface area contributed by atoms with Gasteiger partial charge in [0.15, 0.2) is 0 Å². The van der Waals surface area contributed by atoms with Gasteiger partial charge in [-0.1, -0.05) is 32.5 Å². The maximum absolute atomic E-state index is 11.5. The number of hydrogen-bond donors (Lipinski definition) is 2. The lowest BCUT2D eigenvalue weighted by Crippen LogP contribution is -2.44. The molecule has 1 aromatic rings. The van der Waals surface area contributed by atoms with Crippen LogP contribution in [0.5, 0.6) is 0 Å². The van der Waals surface area contributed by atoms with Crippen LogP contribution in [0, 0.1) is 5.92 Å². The van der Waals surface area contributed by atoms with Crippen LogP contribution < -0.4 is 10.9 Å². The van der Waals surface area contributed by atoms with E-state index < -0.39 is 0 Å². The van der Waals surface area contributed by atoms with E-state index in [1.807, 2.05) is 6.92 Å². The van der Waals surface area contributed by atoms with E-state index in [9.17, 15) is 9.59 Å². The highest BCUT2D eigenvalue weighted by Crippen LogP contribution is 2.12. The molecule has 2 N–H and O–H groups in total. The van der Waals surface area contributed by atoms with Crippen LogP contribution in [0.4, 0.5) is 0 Å². The molecule has 0 atom stereocenters. The molecule has 1 aromatic heterocycles. The van der Waals surface area contributed by atoms with Crippen molar-refractivity contribution in [3.8, 4) is 0 Å². The van der Waals surface area contributed by atoms with Gasteiger partial charge in [-0.3, -0.25) is 20.4 Å². The standard InChI is InChI=1S/C10H18N6O2S/c1-4-5-16-10(13-14-15-16)19-6-8(17)11-12-9(18)7(2)3/h7H,4-6H2,1-3H3,(H,11,17)(H,12,18). The lowest BCUT2D eigenvalue weighted by Gasteiger charge is -2.08. The lowest BCUT2D eigenvalue weighted by atomic mass is 10.2. The van der Waals surface area contributed by atoms with Crippen molar-refractivity contribution in [2.75, 3.05) is 5.75 Å². The van der Waals surface area contributed by atoms with E-state index in [1.165, 1.54) is 11.8 Å². The summed E-state index contributed by atoms with van der Waals surface area (Å²) in [5, 5.41) is 11.8. The van der Waals surface area contributed by atoms with Gasteiger partial charge in [0.1, 0.15) is 0 Å². The minimum Gasteiger partial charge on any atom is -0.273 e. The molecule has 0 unspecified atom stereocenters. The summed E-state index contributed by atoms with van der Waals surface area (Å²) < 4.78 is 1.64. The number of amides is 2. The van der Waals surface area contributed by atoms with Crippen molar-refractivity contribution in [2.24, 2.45) is 5.92 Å². The number of carbonyl (C=O) groups is 2. The topological polar surface area (TPSA) is 102 Å². The van der Waals surface area contributed by atoms with Gasteiger partial charge in [0.25, 0.3) is 0 Å². The summed E-state index contributed by atoms with van der Waals surface area (Å²) in [7, 11) is 0. The van der Waals surface area contributed by atoms with Gasteiger partial charge in [0.2, 0.25) is 17.0 Å². The Balaban J connectivity index is 2.33. The van der Waals surface area contributed by atoms with Crippen molar-refractivity contribution in [1.29, 1.82) is 0 Å². The van der Waals surface area contributed by atoms with Gasteiger partial charge in [-0.25, -0.2) is 4.68 Å². The Kier molecular flexibility index (Phi) is 6.26. The van der Waals surface area contributed by atoms with Crippen molar-refractivity contribution in [2.45, 2.75) is 38.9 Å². The number of hydrazine groups is 1. The fourth-order valence-electron chi connectivity index (χ4n) is 1.09. The molecule has 19 heavy (non-hydrogen) atoms. The predicted molar refractivity (Wildman–Crippen MR) is 70.0 cm³/mol. The van der Waals surface area contributed by atoms with Gasteiger partial charge in [-0.15, -0.1) is 5.10 Å². The summed E-state index contributed by atoms with van der Waals surface area (Å²) in [5.41, 5.74) is 4.68. The zero-order valence-electron chi connectivity index (χ0n) is 11.2. The van der Waals surface area contributed by atoms with Crippen LogP contribution in [0.25, 0.3) is 0 Å². The molecule has 2 amide bonds. The average Bonchev–Trinajstić information content (AvgIpc) is 2.81. The van der Waals surface area contributed by atoms with E-state index in [0.29, 0.717) is 11.7 Å². The van der Waals surface area contributed by atoms with Crippen molar-refractivity contribution < 1.29 is 9.59 Å². The van der Waals surface area contributed by atoms with Crippen LogP contribution in [0.3, 0.4) is 0 Å². The Morgan fingerprint density at radius 2 is 2.11 bits per heavy atom. The molecule has 106 valence electrons. The largest absolute Gasteiger partial charge is 0.273 e. The maximum Gasteiger partial charge on any atom is 0.248 e. The van der Waals surface area contributed by atoms with E-state index in [4.69, 9.17) is 0 Å². The summed E-state index contributed by atoms with van der Waals surface area (Å²) in [6, 6.07) is 0. The van der Waals surface area contributed by atoms with Crippen molar-refractivity contribution in [1.82, 2.24) is 31.1 Å². The molecule has 0 aliphatic heterocycles. The van der Waals surface area contributed by atoms with E-state index in [0.717, 1.165) is 6.42 Å². The third-order valence-corrected chi connectivity index (χ3v) is 3.07. The highest BCUT2D eigenvalue weighted by molar-refractivity contribution is 7.99. The normalized spacial score (nSPS) is 10.5. The monoisotopic (exact) mass is 286 g/mol. The quantitative estimate of drug-likeness (QED) is 0.563. The Labute approximate surface area is 115 Å². The zero-order valence-corrected chi connectivity index (χ0v) is 12.0. The number of nitrogens with one attached hydrogen (secondary N) is 2. The molecule has 8 nitrogen and oxygen atoms in total. The lowest BCUT2D eigenvalue weighted by molar-refractivity contribution is -0.129. The fraction of sp³-hybridized carbons (Fsp3) is 0.700.